The SMILES string of the molecule is C=C/C=C(\N=C)C1CC1C(=O)Nc1ccc(-c2ccc(CN(C)C)cc2)cn1.[HH]. The Morgan fingerprint density at radius 1 is 1.25 bits per heavy atom. The van der Waals surface area contributed by atoms with Crippen LogP contribution in [-0.2, 0) is 11.3 Å². The quantitative estimate of drug-likeness (QED) is 0.549. The van der Waals surface area contributed by atoms with Gasteiger partial charge in [-0.1, -0.05) is 36.9 Å². The predicted molar refractivity (Wildman–Crippen MR) is 117 cm³/mol. The first-order valence-corrected chi connectivity index (χ1v) is 9.32. The van der Waals surface area contributed by atoms with Gasteiger partial charge in [0.25, 0.3) is 0 Å². The number of nitrogens with zero attached hydrogens (tertiary/aromatic N) is 3. The van der Waals surface area contributed by atoms with E-state index < -0.39 is 0 Å². The molecular weight excluding hydrogens is 348 g/mol. The Kier molecular flexibility index (Phi) is 6.16. The average Bonchev–Trinajstić information content (AvgIpc) is 3.48. The lowest BCUT2D eigenvalue weighted by Crippen LogP contribution is -2.15. The Bertz CT molecular complexity index is 888. The molecule has 0 spiro atoms. The average molecular weight is 377 g/mol. The third kappa shape index (κ3) is 4.81. The molecule has 2 aromatic rings. The number of hydrogen-bond donors (Lipinski definition) is 1. The first-order valence-electron chi connectivity index (χ1n) is 9.32. The van der Waals surface area contributed by atoms with Gasteiger partial charge in [-0.15, -0.1) is 0 Å². The van der Waals surface area contributed by atoms with Gasteiger partial charge in [0, 0.05) is 37.3 Å². The molecule has 0 aliphatic heterocycles. The molecule has 1 aromatic carbocycles. The lowest BCUT2D eigenvalue weighted by atomic mass is 10.1. The van der Waals surface area contributed by atoms with Gasteiger partial charge in [0.05, 0.1) is 0 Å². The van der Waals surface area contributed by atoms with Gasteiger partial charge in [-0.2, -0.15) is 0 Å². The third-order valence-corrected chi connectivity index (χ3v) is 4.78. The van der Waals surface area contributed by atoms with Gasteiger partial charge in [0.1, 0.15) is 5.82 Å². The number of aliphatic imine (C=N–C) groups is 1. The summed E-state index contributed by atoms with van der Waals surface area (Å²) in [4.78, 5) is 22.9. The molecule has 2 atom stereocenters. The Morgan fingerprint density at radius 3 is 2.54 bits per heavy atom. The van der Waals surface area contributed by atoms with Crippen LogP contribution in [0, 0.1) is 11.8 Å². The minimum Gasteiger partial charge on any atom is -0.310 e. The molecule has 0 radical (unpaired) electrons. The van der Waals surface area contributed by atoms with E-state index in [0.717, 1.165) is 29.8 Å². The van der Waals surface area contributed by atoms with Gasteiger partial charge >= 0.3 is 0 Å². The van der Waals surface area contributed by atoms with Gasteiger partial charge < -0.3 is 10.2 Å². The molecule has 2 unspecified atom stereocenters. The Labute approximate surface area is 168 Å². The maximum atomic E-state index is 12.4. The first-order chi connectivity index (χ1) is 13.5. The van der Waals surface area contributed by atoms with Crippen molar-refractivity contribution >= 4 is 18.4 Å². The molecule has 5 heteroatoms. The molecule has 1 heterocycles. The minimum atomic E-state index is -0.0811. The van der Waals surface area contributed by atoms with Crippen LogP contribution >= 0.6 is 0 Å². The number of pyridine rings is 1. The van der Waals surface area contributed by atoms with Crippen LogP contribution in [0.3, 0.4) is 0 Å². The molecule has 1 aromatic heterocycles. The smallest absolute Gasteiger partial charge is 0.229 e. The molecule has 1 aliphatic carbocycles. The summed E-state index contributed by atoms with van der Waals surface area (Å²) in [6.07, 6.45) is 6.05. The Morgan fingerprint density at radius 2 is 1.96 bits per heavy atom. The van der Waals surface area contributed by atoms with Crippen molar-refractivity contribution in [1.82, 2.24) is 9.88 Å². The number of aromatic nitrogens is 1. The summed E-state index contributed by atoms with van der Waals surface area (Å²) in [5.41, 5.74) is 4.21. The zero-order valence-corrected chi connectivity index (χ0v) is 16.4. The zero-order valence-electron chi connectivity index (χ0n) is 16.4. The van der Waals surface area contributed by atoms with Gasteiger partial charge in [0.2, 0.25) is 5.91 Å². The van der Waals surface area contributed by atoms with Crippen molar-refractivity contribution in [2.45, 2.75) is 13.0 Å². The molecule has 146 valence electrons. The second-order valence-corrected chi connectivity index (χ2v) is 7.29. The second kappa shape index (κ2) is 8.76. The van der Waals surface area contributed by atoms with E-state index >= 15 is 0 Å². The minimum absolute atomic E-state index is 0. The Balaban J connectivity index is 0.00000300. The highest BCUT2D eigenvalue weighted by Gasteiger charge is 2.45. The summed E-state index contributed by atoms with van der Waals surface area (Å²) in [7, 11) is 4.11. The van der Waals surface area contributed by atoms with Crippen LogP contribution in [0.5, 0.6) is 0 Å². The van der Waals surface area contributed by atoms with Crippen molar-refractivity contribution in [3.8, 4) is 11.1 Å². The highest BCUT2D eigenvalue weighted by atomic mass is 16.2. The number of amides is 1. The molecule has 1 aliphatic rings. The molecule has 1 N–H and O–H groups in total. The summed E-state index contributed by atoms with van der Waals surface area (Å²) < 4.78 is 0. The van der Waals surface area contributed by atoms with Crippen LogP contribution in [0.2, 0.25) is 0 Å². The summed E-state index contributed by atoms with van der Waals surface area (Å²) in [6, 6.07) is 12.3. The summed E-state index contributed by atoms with van der Waals surface area (Å²) in [5, 5.41) is 2.89. The lowest BCUT2D eigenvalue weighted by molar-refractivity contribution is -0.117. The summed E-state index contributed by atoms with van der Waals surface area (Å²) >= 11 is 0. The van der Waals surface area contributed by atoms with Crippen molar-refractivity contribution in [3.63, 3.8) is 0 Å². The van der Waals surface area contributed by atoms with E-state index in [1.807, 2.05) is 18.2 Å². The number of anilines is 1. The third-order valence-electron chi connectivity index (χ3n) is 4.78. The van der Waals surface area contributed by atoms with Gasteiger partial charge in [-0.3, -0.25) is 9.79 Å². The zero-order chi connectivity index (χ0) is 20.1. The largest absolute Gasteiger partial charge is 0.310 e. The fourth-order valence-electron chi connectivity index (χ4n) is 3.25. The fourth-order valence-corrected chi connectivity index (χ4v) is 3.25. The standard InChI is InChI=1S/C23H26N4O.H2/c1-5-6-21(24-2)19-13-20(19)23(28)26-22-12-11-18(14-25-22)17-9-7-16(8-10-17)15-27(3)4;/h5-12,14,19-20H,1-2,13,15H2,3-4H3,(H,25,26,28);1H/b21-6-;. The van der Waals surface area contributed by atoms with Crippen molar-refractivity contribution in [1.29, 1.82) is 0 Å². The van der Waals surface area contributed by atoms with Crippen LogP contribution in [-0.4, -0.2) is 36.6 Å². The molecule has 1 saturated carbocycles. The lowest BCUT2D eigenvalue weighted by Gasteiger charge is -2.10. The number of benzene rings is 1. The highest BCUT2D eigenvalue weighted by molar-refractivity contribution is 5.94. The van der Waals surface area contributed by atoms with Crippen molar-refractivity contribution in [2.24, 2.45) is 16.8 Å². The van der Waals surface area contributed by atoms with Gasteiger partial charge in [0.15, 0.2) is 0 Å². The van der Waals surface area contributed by atoms with Crippen LogP contribution in [0.1, 0.15) is 13.4 Å². The number of rotatable bonds is 8. The van der Waals surface area contributed by atoms with Crippen LogP contribution in [0.25, 0.3) is 11.1 Å². The van der Waals surface area contributed by atoms with E-state index in [9.17, 15) is 4.79 Å². The summed E-state index contributed by atoms with van der Waals surface area (Å²) in [6.45, 7) is 8.15. The molecule has 28 heavy (non-hydrogen) atoms. The van der Waals surface area contributed by atoms with E-state index in [-0.39, 0.29) is 19.2 Å². The molecule has 3 rings (SSSR count). The molecular formula is C23H28N4O. The second-order valence-electron chi connectivity index (χ2n) is 7.29. The molecule has 1 amide bonds. The monoisotopic (exact) mass is 376 g/mol. The van der Waals surface area contributed by atoms with Gasteiger partial charge in [-0.25, -0.2) is 4.98 Å². The summed E-state index contributed by atoms with van der Waals surface area (Å²) in [5.74, 6) is 0.569. The molecule has 0 saturated heterocycles. The van der Waals surface area contributed by atoms with Crippen LogP contribution in [0.15, 0.2) is 72.0 Å². The van der Waals surface area contributed by atoms with Crippen LogP contribution in [0.4, 0.5) is 5.82 Å². The van der Waals surface area contributed by atoms with Gasteiger partial charge in [-0.05, 0) is 56.6 Å². The Hall–Kier alpha value is -3.05. The maximum absolute atomic E-state index is 12.4. The molecule has 5 nitrogen and oxygen atoms in total. The van der Waals surface area contributed by atoms with E-state index in [1.54, 1.807) is 12.3 Å². The molecule has 0 bridgehead atoms. The highest BCUT2D eigenvalue weighted by Crippen LogP contribution is 2.45. The number of carbonyl (C=O) groups is 1. The number of allylic oxidation sites excluding steroid dienone is 3. The van der Waals surface area contributed by atoms with E-state index in [4.69, 9.17) is 0 Å². The fraction of sp³-hybridized carbons (Fsp3) is 0.261. The van der Waals surface area contributed by atoms with Crippen molar-refractivity contribution < 1.29 is 6.22 Å². The normalized spacial score (nSPS) is 18.6. The first kappa shape index (κ1) is 19.7. The van der Waals surface area contributed by atoms with Crippen molar-refractivity contribution in [2.75, 3.05) is 19.4 Å². The van der Waals surface area contributed by atoms with E-state index in [2.05, 4.69) is 71.9 Å². The van der Waals surface area contributed by atoms with Crippen LogP contribution < -0.4 is 5.32 Å². The number of nitrogens with one attached hydrogen (secondary N) is 1. The topological polar surface area (TPSA) is 57.6 Å². The van der Waals surface area contributed by atoms with E-state index in [1.165, 1.54) is 5.56 Å². The number of hydrogen-bond acceptors (Lipinski definition) is 4. The molecule has 1 fully saturated rings. The number of carbonyl (C=O) groups excluding carboxylic acids is 1. The maximum Gasteiger partial charge on any atom is 0.229 e. The predicted octanol–water partition coefficient (Wildman–Crippen LogP) is 4.40. The van der Waals surface area contributed by atoms with Crippen molar-refractivity contribution in [3.05, 3.63) is 72.6 Å². The van der Waals surface area contributed by atoms with E-state index in [0.29, 0.717) is 5.82 Å².